The first-order valence-corrected chi connectivity index (χ1v) is 11.2. The Morgan fingerprint density at radius 2 is 2.35 bits per heavy atom. The molecule has 0 bridgehead atoms. The van der Waals surface area contributed by atoms with Crippen LogP contribution in [0.4, 0.5) is 0 Å². The van der Waals surface area contributed by atoms with Gasteiger partial charge in [0.25, 0.3) is 5.56 Å². The molecule has 0 aliphatic heterocycles. The second-order valence-electron chi connectivity index (χ2n) is 6.36. The second kappa shape index (κ2) is 7.82. The van der Waals surface area contributed by atoms with Crippen molar-refractivity contribution in [2.75, 3.05) is 12.4 Å². The van der Waals surface area contributed by atoms with Crippen LogP contribution in [0.2, 0.25) is 0 Å². The van der Waals surface area contributed by atoms with Crippen LogP contribution in [0.3, 0.4) is 0 Å². The molecule has 0 spiro atoms. The summed E-state index contributed by atoms with van der Waals surface area (Å²) in [4.78, 5) is 20.7. The smallest absolute Gasteiger partial charge is 0.262 e. The highest BCUT2D eigenvalue weighted by molar-refractivity contribution is 7.99. The van der Waals surface area contributed by atoms with Gasteiger partial charge in [0, 0.05) is 22.6 Å². The van der Waals surface area contributed by atoms with Crippen molar-refractivity contribution in [1.29, 1.82) is 0 Å². The van der Waals surface area contributed by atoms with Crippen molar-refractivity contribution in [3.63, 3.8) is 0 Å². The van der Waals surface area contributed by atoms with Gasteiger partial charge in [-0.25, -0.2) is 4.98 Å². The van der Waals surface area contributed by atoms with E-state index in [1.807, 2.05) is 17.5 Å². The minimum Gasteiger partial charge on any atom is -0.390 e. The van der Waals surface area contributed by atoms with E-state index in [1.54, 1.807) is 34.3 Å². The highest BCUT2D eigenvalue weighted by atomic mass is 32.2. The fourth-order valence-corrected chi connectivity index (χ4v) is 5.96. The third-order valence-corrected chi connectivity index (χ3v) is 7.66. The number of thiophene rings is 2. The number of rotatable bonds is 7. The first-order valence-electron chi connectivity index (χ1n) is 8.55. The molecule has 0 saturated heterocycles. The maximum Gasteiger partial charge on any atom is 0.262 e. The number of ether oxygens (including phenoxy) is 1. The van der Waals surface area contributed by atoms with Gasteiger partial charge in [-0.1, -0.05) is 17.8 Å². The van der Waals surface area contributed by atoms with Gasteiger partial charge < -0.3 is 9.84 Å². The molecule has 0 amide bonds. The molecule has 3 aromatic rings. The average molecular weight is 409 g/mol. The number of aryl methyl sites for hydroxylation is 2. The van der Waals surface area contributed by atoms with Crippen LogP contribution in [-0.4, -0.2) is 33.1 Å². The summed E-state index contributed by atoms with van der Waals surface area (Å²) in [6, 6.07) is 4.00. The molecule has 138 valence electrons. The summed E-state index contributed by atoms with van der Waals surface area (Å²) >= 11 is 4.69. The van der Waals surface area contributed by atoms with Crippen LogP contribution in [0.15, 0.2) is 27.5 Å². The molecule has 1 N–H and O–H groups in total. The highest BCUT2D eigenvalue weighted by Gasteiger charge is 2.22. The summed E-state index contributed by atoms with van der Waals surface area (Å²) in [6.45, 7) is 0.789. The van der Waals surface area contributed by atoms with Gasteiger partial charge in [-0.05, 0) is 36.3 Å². The summed E-state index contributed by atoms with van der Waals surface area (Å²) in [5.41, 5.74) is 1.23. The summed E-state index contributed by atoms with van der Waals surface area (Å²) in [7, 11) is 1.76. The number of thioether (sulfide) groups is 1. The third kappa shape index (κ3) is 3.61. The Morgan fingerprint density at radius 3 is 3.15 bits per heavy atom. The molecule has 3 heterocycles. The van der Waals surface area contributed by atoms with E-state index in [1.165, 1.54) is 22.2 Å². The van der Waals surface area contributed by atoms with Crippen molar-refractivity contribution in [3.05, 3.63) is 43.2 Å². The number of hydrogen-bond donors (Lipinski definition) is 1. The van der Waals surface area contributed by atoms with Crippen molar-refractivity contribution in [1.82, 2.24) is 9.55 Å². The zero-order chi connectivity index (χ0) is 18.1. The molecule has 26 heavy (non-hydrogen) atoms. The van der Waals surface area contributed by atoms with Crippen LogP contribution >= 0.6 is 34.4 Å². The molecule has 8 heteroatoms. The predicted molar refractivity (Wildman–Crippen MR) is 108 cm³/mol. The monoisotopic (exact) mass is 408 g/mol. The van der Waals surface area contributed by atoms with Crippen molar-refractivity contribution in [3.8, 4) is 0 Å². The molecule has 0 saturated carbocycles. The van der Waals surface area contributed by atoms with Gasteiger partial charge in [0.2, 0.25) is 0 Å². The van der Waals surface area contributed by atoms with Gasteiger partial charge in [0.05, 0.1) is 24.7 Å². The SMILES string of the molecule is Cn1c(SC[C@@H](O)COCc2cccs2)nc2sc3c(c2c1=O)CCC3. The van der Waals surface area contributed by atoms with Crippen LogP contribution in [0.1, 0.15) is 21.7 Å². The van der Waals surface area contributed by atoms with Gasteiger partial charge in [-0.3, -0.25) is 9.36 Å². The van der Waals surface area contributed by atoms with E-state index >= 15 is 0 Å². The van der Waals surface area contributed by atoms with E-state index in [4.69, 9.17) is 4.74 Å². The Bertz CT molecular complexity index is 962. The van der Waals surface area contributed by atoms with E-state index in [0.717, 1.165) is 34.4 Å². The number of fused-ring (bicyclic) bond motifs is 3. The fraction of sp³-hybridized carbons (Fsp3) is 0.444. The Kier molecular flexibility index (Phi) is 5.47. The van der Waals surface area contributed by atoms with E-state index < -0.39 is 6.10 Å². The molecule has 3 aromatic heterocycles. The number of nitrogens with zero attached hydrogens (tertiary/aromatic N) is 2. The molecule has 4 rings (SSSR count). The lowest BCUT2D eigenvalue weighted by Crippen LogP contribution is -2.22. The van der Waals surface area contributed by atoms with E-state index in [-0.39, 0.29) is 12.2 Å². The first-order chi connectivity index (χ1) is 12.6. The van der Waals surface area contributed by atoms with Crippen LogP contribution in [0, 0.1) is 0 Å². The minimum atomic E-state index is -0.596. The maximum absolute atomic E-state index is 12.7. The van der Waals surface area contributed by atoms with E-state index in [2.05, 4.69) is 4.98 Å². The standard InChI is InChI=1S/C18H20N2O3S3/c1-20-17(22)15-13-5-2-6-14(13)26-16(15)19-18(20)25-10-11(21)8-23-9-12-4-3-7-24-12/h3-4,7,11,21H,2,5-6,8-10H2,1H3/t11-/m0/s1. The molecule has 0 aromatic carbocycles. The number of aliphatic hydroxyl groups excluding tert-OH is 1. The van der Waals surface area contributed by atoms with Crippen molar-refractivity contribution in [2.45, 2.75) is 37.1 Å². The molecule has 1 atom stereocenters. The normalized spacial score (nSPS) is 14.8. The van der Waals surface area contributed by atoms with Crippen molar-refractivity contribution >= 4 is 44.7 Å². The molecule has 0 fully saturated rings. The average Bonchev–Trinajstić information content (AvgIpc) is 3.33. The van der Waals surface area contributed by atoms with Gasteiger partial charge in [-0.2, -0.15) is 0 Å². The summed E-state index contributed by atoms with van der Waals surface area (Å²) in [6.07, 6.45) is 2.58. The number of aliphatic hydroxyl groups is 1. The van der Waals surface area contributed by atoms with Crippen molar-refractivity contribution < 1.29 is 9.84 Å². The molecule has 5 nitrogen and oxygen atoms in total. The topological polar surface area (TPSA) is 64.3 Å². The van der Waals surface area contributed by atoms with Gasteiger partial charge >= 0.3 is 0 Å². The lowest BCUT2D eigenvalue weighted by molar-refractivity contribution is 0.0408. The molecule has 0 unspecified atom stereocenters. The fourth-order valence-electron chi connectivity index (χ4n) is 3.14. The molecule has 0 radical (unpaired) electrons. The summed E-state index contributed by atoms with van der Waals surface area (Å²) < 4.78 is 7.16. The number of hydrogen-bond acceptors (Lipinski definition) is 7. The molecular weight excluding hydrogens is 388 g/mol. The zero-order valence-electron chi connectivity index (χ0n) is 14.4. The predicted octanol–water partition coefficient (Wildman–Crippen LogP) is 3.22. The Morgan fingerprint density at radius 1 is 1.46 bits per heavy atom. The Balaban J connectivity index is 1.41. The minimum absolute atomic E-state index is 0.0281. The Labute approximate surface area is 163 Å². The quantitative estimate of drug-likeness (QED) is 0.480. The van der Waals surface area contributed by atoms with Crippen molar-refractivity contribution in [2.24, 2.45) is 7.05 Å². The number of aromatic nitrogens is 2. The lowest BCUT2D eigenvalue weighted by Gasteiger charge is -2.12. The van der Waals surface area contributed by atoms with Crippen LogP contribution in [0.25, 0.3) is 10.2 Å². The van der Waals surface area contributed by atoms with E-state index in [9.17, 15) is 9.90 Å². The summed E-state index contributed by atoms with van der Waals surface area (Å²) in [5, 5.41) is 13.6. The Hall–Kier alpha value is -1.19. The maximum atomic E-state index is 12.7. The molecule has 1 aliphatic carbocycles. The van der Waals surface area contributed by atoms with Crippen LogP contribution in [-0.2, 0) is 31.2 Å². The van der Waals surface area contributed by atoms with Gasteiger partial charge in [-0.15, -0.1) is 22.7 Å². The largest absolute Gasteiger partial charge is 0.390 e. The second-order valence-corrected chi connectivity index (χ2v) is 9.46. The lowest BCUT2D eigenvalue weighted by atomic mass is 10.2. The first kappa shape index (κ1) is 18.2. The molecule has 1 aliphatic rings. The van der Waals surface area contributed by atoms with E-state index in [0.29, 0.717) is 17.5 Å². The zero-order valence-corrected chi connectivity index (χ0v) is 16.9. The molecular formula is C18H20N2O3S3. The third-order valence-electron chi connectivity index (χ3n) is 4.44. The van der Waals surface area contributed by atoms with Gasteiger partial charge in [0.15, 0.2) is 5.16 Å². The van der Waals surface area contributed by atoms with Crippen LogP contribution in [0.5, 0.6) is 0 Å². The summed E-state index contributed by atoms with van der Waals surface area (Å²) in [5.74, 6) is 0.446. The van der Waals surface area contributed by atoms with Crippen LogP contribution < -0.4 is 5.56 Å². The van der Waals surface area contributed by atoms with Gasteiger partial charge in [0.1, 0.15) is 4.83 Å². The highest BCUT2D eigenvalue weighted by Crippen LogP contribution is 2.35.